The lowest BCUT2D eigenvalue weighted by molar-refractivity contribution is -0.129. The standard InChI is InChI=1S/C23H23BrN8O3/c1-23(21(34)26-2)6-5-13(10-23)28-22-27-11-15-19(24)30-32(20(15)29-22)14-3-4-16-17(9-14)35-12-18(33)31(16)8-7-25/h3-4,9,11,13H,5-6,8,10,12H2,1-2H3,(H,26,34)(H,27,28,29)/t13-,23-/m1/s1. The molecule has 12 heteroatoms. The third-order valence-electron chi connectivity index (χ3n) is 6.59. The summed E-state index contributed by atoms with van der Waals surface area (Å²) in [5.41, 5.74) is 1.40. The molecule has 3 aromatic rings. The van der Waals surface area contributed by atoms with Crippen molar-refractivity contribution >= 4 is 50.4 Å². The minimum absolute atomic E-state index is 0.0461. The second-order valence-corrected chi connectivity index (χ2v) is 9.69. The number of carbonyl (C=O) groups is 2. The molecule has 2 atom stereocenters. The number of anilines is 2. The maximum Gasteiger partial charge on any atom is 0.265 e. The van der Waals surface area contributed by atoms with Crippen molar-refractivity contribution in [3.05, 3.63) is 29.0 Å². The quantitative estimate of drug-likeness (QED) is 0.472. The van der Waals surface area contributed by atoms with Crippen LogP contribution >= 0.6 is 15.9 Å². The van der Waals surface area contributed by atoms with Crippen LogP contribution in [0.1, 0.15) is 26.2 Å². The largest absolute Gasteiger partial charge is 0.481 e. The third-order valence-corrected chi connectivity index (χ3v) is 7.17. The average Bonchev–Trinajstić information content (AvgIpc) is 3.40. The zero-order chi connectivity index (χ0) is 24.7. The van der Waals surface area contributed by atoms with Crippen molar-refractivity contribution in [3.63, 3.8) is 0 Å². The van der Waals surface area contributed by atoms with Crippen LogP contribution in [-0.4, -0.2) is 57.8 Å². The number of aromatic nitrogens is 4. The molecular formula is C23H23BrN8O3. The Morgan fingerprint density at radius 1 is 1.43 bits per heavy atom. The van der Waals surface area contributed by atoms with E-state index in [-0.39, 0.29) is 31.0 Å². The fourth-order valence-corrected chi connectivity index (χ4v) is 5.18. The molecule has 35 heavy (non-hydrogen) atoms. The summed E-state index contributed by atoms with van der Waals surface area (Å²) in [6.45, 7) is 1.80. The highest BCUT2D eigenvalue weighted by Crippen LogP contribution is 2.39. The van der Waals surface area contributed by atoms with Gasteiger partial charge in [-0.3, -0.25) is 14.5 Å². The molecule has 1 saturated carbocycles. The molecule has 0 spiro atoms. The average molecular weight is 539 g/mol. The summed E-state index contributed by atoms with van der Waals surface area (Å²) in [5, 5.41) is 20.5. The molecule has 1 aliphatic heterocycles. The smallest absolute Gasteiger partial charge is 0.265 e. The maximum absolute atomic E-state index is 12.3. The van der Waals surface area contributed by atoms with Crippen LogP contribution < -0.4 is 20.3 Å². The van der Waals surface area contributed by atoms with E-state index in [1.165, 1.54) is 4.90 Å². The van der Waals surface area contributed by atoms with Gasteiger partial charge in [-0.15, -0.1) is 0 Å². The summed E-state index contributed by atoms with van der Waals surface area (Å²) in [7, 11) is 1.66. The van der Waals surface area contributed by atoms with Gasteiger partial charge in [-0.1, -0.05) is 6.92 Å². The molecule has 0 saturated heterocycles. The van der Waals surface area contributed by atoms with Crippen LogP contribution in [-0.2, 0) is 9.59 Å². The molecule has 180 valence electrons. The van der Waals surface area contributed by atoms with Crippen molar-refractivity contribution in [2.45, 2.75) is 32.2 Å². The Kier molecular flexibility index (Phi) is 5.80. The van der Waals surface area contributed by atoms with Crippen LogP contribution in [0.2, 0.25) is 0 Å². The maximum atomic E-state index is 12.3. The van der Waals surface area contributed by atoms with E-state index in [1.54, 1.807) is 36.1 Å². The number of rotatable bonds is 5. The fourth-order valence-electron chi connectivity index (χ4n) is 4.74. The van der Waals surface area contributed by atoms with E-state index < -0.39 is 5.41 Å². The molecule has 0 radical (unpaired) electrons. The van der Waals surface area contributed by atoms with Gasteiger partial charge >= 0.3 is 0 Å². The number of halogens is 1. The molecule has 2 aromatic heterocycles. The highest BCUT2D eigenvalue weighted by atomic mass is 79.9. The normalized spacial score (nSPS) is 21.4. The molecule has 0 bridgehead atoms. The third kappa shape index (κ3) is 4.05. The van der Waals surface area contributed by atoms with E-state index in [4.69, 9.17) is 15.0 Å². The predicted molar refractivity (Wildman–Crippen MR) is 131 cm³/mol. The van der Waals surface area contributed by atoms with Gasteiger partial charge in [-0.05, 0) is 47.3 Å². The molecular weight excluding hydrogens is 516 g/mol. The lowest BCUT2D eigenvalue weighted by atomic mass is 9.87. The number of nitrogens with zero attached hydrogens (tertiary/aromatic N) is 6. The monoisotopic (exact) mass is 538 g/mol. The Balaban J connectivity index is 1.45. The minimum Gasteiger partial charge on any atom is -0.481 e. The molecule has 0 unspecified atom stereocenters. The highest BCUT2D eigenvalue weighted by molar-refractivity contribution is 9.10. The van der Waals surface area contributed by atoms with Crippen molar-refractivity contribution < 1.29 is 14.3 Å². The summed E-state index contributed by atoms with van der Waals surface area (Å²) < 4.78 is 7.88. The van der Waals surface area contributed by atoms with Gasteiger partial charge in [-0.25, -0.2) is 9.67 Å². The van der Waals surface area contributed by atoms with Crippen molar-refractivity contribution in [2.75, 3.05) is 30.4 Å². The van der Waals surface area contributed by atoms with Gasteiger partial charge in [-0.2, -0.15) is 15.3 Å². The van der Waals surface area contributed by atoms with Crippen LogP contribution in [0, 0.1) is 16.7 Å². The van der Waals surface area contributed by atoms with Crippen LogP contribution in [0.25, 0.3) is 16.7 Å². The molecule has 3 heterocycles. The van der Waals surface area contributed by atoms with Gasteiger partial charge in [0.15, 0.2) is 12.3 Å². The first-order valence-corrected chi connectivity index (χ1v) is 12.0. The highest BCUT2D eigenvalue weighted by Gasteiger charge is 2.41. The van der Waals surface area contributed by atoms with Crippen LogP contribution in [0.5, 0.6) is 5.75 Å². The topological polar surface area (TPSA) is 138 Å². The number of amides is 2. The number of fused-ring (bicyclic) bond motifs is 2. The summed E-state index contributed by atoms with van der Waals surface area (Å²) in [6, 6.07) is 7.39. The number of nitrogens with one attached hydrogen (secondary N) is 2. The van der Waals surface area contributed by atoms with E-state index in [0.717, 1.165) is 18.2 Å². The van der Waals surface area contributed by atoms with Crippen molar-refractivity contribution in [1.29, 1.82) is 5.26 Å². The Labute approximate surface area is 209 Å². The molecule has 1 aromatic carbocycles. The first-order valence-electron chi connectivity index (χ1n) is 11.2. The Morgan fingerprint density at radius 3 is 3.03 bits per heavy atom. The van der Waals surface area contributed by atoms with Gasteiger partial charge in [0.25, 0.3) is 5.91 Å². The van der Waals surface area contributed by atoms with E-state index in [2.05, 4.69) is 36.6 Å². The summed E-state index contributed by atoms with van der Waals surface area (Å²) >= 11 is 3.48. The molecule has 2 amide bonds. The Hall–Kier alpha value is -3.72. The Bertz CT molecular complexity index is 1380. The molecule has 2 N–H and O–H groups in total. The van der Waals surface area contributed by atoms with Gasteiger partial charge < -0.3 is 15.4 Å². The zero-order valence-electron chi connectivity index (χ0n) is 19.2. The van der Waals surface area contributed by atoms with Crippen molar-refractivity contribution in [1.82, 2.24) is 25.1 Å². The second kappa shape index (κ2) is 8.81. The lowest BCUT2D eigenvalue weighted by Gasteiger charge is -2.27. The number of nitriles is 1. The molecule has 2 aliphatic rings. The van der Waals surface area contributed by atoms with Gasteiger partial charge in [0, 0.05) is 30.8 Å². The summed E-state index contributed by atoms with van der Waals surface area (Å²) in [5.74, 6) is 0.730. The molecule has 1 fully saturated rings. The number of hydrogen-bond acceptors (Lipinski definition) is 8. The van der Waals surface area contributed by atoms with Crippen molar-refractivity contribution in [2.24, 2.45) is 5.41 Å². The van der Waals surface area contributed by atoms with E-state index >= 15 is 0 Å². The molecule has 11 nitrogen and oxygen atoms in total. The summed E-state index contributed by atoms with van der Waals surface area (Å²) in [4.78, 5) is 35.0. The summed E-state index contributed by atoms with van der Waals surface area (Å²) in [6.07, 6.45) is 4.02. The van der Waals surface area contributed by atoms with E-state index in [1.807, 2.05) is 13.0 Å². The van der Waals surface area contributed by atoms with Crippen LogP contribution in [0.15, 0.2) is 29.0 Å². The van der Waals surface area contributed by atoms with E-state index in [0.29, 0.717) is 39.7 Å². The van der Waals surface area contributed by atoms with Crippen molar-refractivity contribution in [3.8, 4) is 17.5 Å². The minimum atomic E-state index is -0.411. The van der Waals surface area contributed by atoms with Crippen LogP contribution in [0.3, 0.4) is 0 Å². The Morgan fingerprint density at radius 2 is 2.26 bits per heavy atom. The fraction of sp³-hybridized carbons (Fsp3) is 0.391. The molecule has 1 aliphatic carbocycles. The number of benzene rings is 1. The van der Waals surface area contributed by atoms with Crippen LogP contribution in [0.4, 0.5) is 11.6 Å². The SMILES string of the molecule is CNC(=O)[C@]1(C)CC[C@@H](Nc2ncc3c(Br)nn(-c4ccc5c(c4)OCC(=O)N5CC#N)c3n2)C1. The second-order valence-electron chi connectivity index (χ2n) is 8.94. The van der Waals surface area contributed by atoms with Gasteiger partial charge in [0.2, 0.25) is 11.9 Å². The number of hydrogen-bond donors (Lipinski definition) is 2. The van der Waals surface area contributed by atoms with E-state index in [9.17, 15) is 9.59 Å². The first kappa shape index (κ1) is 23.0. The predicted octanol–water partition coefficient (Wildman–Crippen LogP) is 2.54. The van der Waals surface area contributed by atoms with Gasteiger partial charge in [0.1, 0.15) is 16.9 Å². The molecule has 5 rings (SSSR count). The number of ether oxygens (including phenoxy) is 1. The first-order chi connectivity index (χ1) is 16.8. The zero-order valence-corrected chi connectivity index (χ0v) is 20.8. The van der Waals surface area contributed by atoms with Gasteiger partial charge in [0.05, 0.1) is 22.8 Å². The lowest BCUT2D eigenvalue weighted by Crippen LogP contribution is -2.39. The number of carbonyl (C=O) groups excluding carboxylic acids is 2.